The number of benzene rings is 1. The lowest BCUT2D eigenvalue weighted by Gasteiger charge is -2.09. The summed E-state index contributed by atoms with van der Waals surface area (Å²) in [6.07, 6.45) is 0.324. The Bertz CT molecular complexity index is 364. The molecule has 0 spiro atoms. The predicted octanol–water partition coefficient (Wildman–Crippen LogP) is 0.621. The molecule has 4 heteroatoms. The van der Waals surface area contributed by atoms with Gasteiger partial charge in [0.2, 0.25) is 5.91 Å². The number of hydrogen-bond donors (Lipinski definition) is 2. The minimum atomic E-state index is -0.0330. The Morgan fingerprint density at radius 1 is 1.50 bits per heavy atom. The van der Waals surface area contributed by atoms with E-state index in [2.05, 4.69) is 5.32 Å². The lowest BCUT2D eigenvalue weighted by Crippen LogP contribution is -2.30. The van der Waals surface area contributed by atoms with Crippen molar-refractivity contribution in [1.29, 1.82) is 0 Å². The molecule has 0 aliphatic heterocycles. The Balaban J connectivity index is 2.71. The van der Waals surface area contributed by atoms with Gasteiger partial charge in [0.1, 0.15) is 5.75 Å². The number of rotatable bonds is 5. The lowest BCUT2D eigenvalue weighted by molar-refractivity contribution is -0.120. The van der Waals surface area contributed by atoms with Crippen molar-refractivity contribution in [2.45, 2.75) is 13.3 Å². The van der Waals surface area contributed by atoms with Gasteiger partial charge in [-0.05, 0) is 13.0 Å². The van der Waals surface area contributed by atoms with Gasteiger partial charge in [0.15, 0.2) is 0 Å². The molecule has 0 aliphatic rings. The van der Waals surface area contributed by atoms with Gasteiger partial charge in [0, 0.05) is 18.7 Å². The van der Waals surface area contributed by atoms with Crippen LogP contribution in [0.2, 0.25) is 0 Å². The largest absolute Gasteiger partial charge is 0.496 e. The van der Waals surface area contributed by atoms with E-state index in [1.807, 2.05) is 25.1 Å². The van der Waals surface area contributed by atoms with Crippen LogP contribution in [0.1, 0.15) is 11.1 Å². The summed E-state index contributed by atoms with van der Waals surface area (Å²) in [5, 5.41) is 2.73. The second-order valence-corrected chi connectivity index (χ2v) is 3.63. The normalized spacial score (nSPS) is 9.94. The first kappa shape index (κ1) is 12.5. The standard InChI is InChI=1S/C12H18N2O2/c1-9-3-4-11(16-2)10(7-9)8-12(15)14-6-5-13/h3-4,7H,5-6,8,13H2,1-2H3,(H,14,15). The molecule has 0 atom stereocenters. The molecular formula is C12H18N2O2. The van der Waals surface area contributed by atoms with Gasteiger partial charge < -0.3 is 15.8 Å². The third-order valence-corrected chi connectivity index (χ3v) is 2.25. The van der Waals surface area contributed by atoms with Gasteiger partial charge in [-0.15, -0.1) is 0 Å². The topological polar surface area (TPSA) is 64.3 Å². The van der Waals surface area contributed by atoms with E-state index in [4.69, 9.17) is 10.5 Å². The van der Waals surface area contributed by atoms with Crippen LogP contribution in [0.25, 0.3) is 0 Å². The van der Waals surface area contributed by atoms with Crippen LogP contribution in [-0.2, 0) is 11.2 Å². The highest BCUT2D eigenvalue weighted by Gasteiger charge is 2.08. The molecule has 16 heavy (non-hydrogen) atoms. The molecule has 3 N–H and O–H groups in total. The summed E-state index contributed by atoms with van der Waals surface area (Å²) in [4.78, 5) is 11.5. The maximum absolute atomic E-state index is 11.5. The Hall–Kier alpha value is -1.55. The van der Waals surface area contributed by atoms with Gasteiger partial charge >= 0.3 is 0 Å². The summed E-state index contributed by atoms with van der Waals surface area (Å²) in [6.45, 7) is 2.95. The Morgan fingerprint density at radius 3 is 2.88 bits per heavy atom. The van der Waals surface area contributed by atoms with Gasteiger partial charge in [-0.2, -0.15) is 0 Å². The zero-order valence-electron chi connectivity index (χ0n) is 9.75. The molecule has 0 aromatic heterocycles. The van der Waals surface area contributed by atoms with Crippen molar-refractivity contribution < 1.29 is 9.53 Å². The molecule has 4 nitrogen and oxygen atoms in total. The number of methoxy groups -OCH3 is 1. The van der Waals surface area contributed by atoms with E-state index >= 15 is 0 Å². The number of hydrogen-bond acceptors (Lipinski definition) is 3. The van der Waals surface area contributed by atoms with Crippen LogP contribution < -0.4 is 15.8 Å². The Kier molecular flexibility index (Phi) is 4.79. The van der Waals surface area contributed by atoms with Crippen molar-refractivity contribution >= 4 is 5.91 Å². The molecule has 0 bridgehead atoms. The smallest absolute Gasteiger partial charge is 0.224 e. The van der Waals surface area contributed by atoms with Crippen molar-refractivity contribution in [3.05, 3.63) is 29.3 Å². The molecule has 0 saturated carbocycles. The second-order valence-electron chi connectivity index (χ2n) is 3.63. The molecule has 0 heterocycles. The Morgan fingerprint density at radius 2 is 2.25 bits per heavy atom. The predicted molar refractivity (Wildman–Crippen MR) is 63.5 cm³/mol. The van der Waals surface area contributed by atoms with Gasteiger partial charge in [0.25, 0.3) is 0 Å². The van der Waals surface area contributed by atoms with Gasteiger partial charge in [-0.3, -0.25) is 4.79 Å². The van der Waals surface area contributed by atoms with Crippen LogP contribution in [0, 0.1) is 6.92 Å². The quantitative estimate of drug-likeness (QED) is 0.767. The maximum atomic E-state index is 11.5. The van der Waals surface area contributed by atoms with E-state index < -0.39 is 0 Å². The minimum Gasteiger partial charge on any atom is -0.496 e. The third kappa shape index (κ3) is 3.55. The summed E-state index contributed by atoms with van der Waals surface area (Å²) in [6, 6.07) is 5.79. The van der Waals surface area contributed by atoms with Crippen LogP contribution in [-0.4, -0.2) is 26.1 Å². The summed E-state index contributed by atoms with van der Waals surface area (Å²) >= 11 is 0. The fraction of sp³-hybridized carbons (Fsp3) is 0.417. The SMILES string of the molecule is COc1ccc(C)cc1CC(=O)NCCN. The first-order chi connectivity index (χ1) is 7.67. The highest BCUT2D eigenvalue weighted by Crippen LogP contribution is 2.19. The molecule has 88 valence electrons. The zero-order chi connectivity index (χ0) is 12.0. The molecular weight excluding hydrogens is 204 g/mol. The van der Waals surface area contributed by atoms with Crippen LogP contribution in [0.5, 0.6) is 5.75 Å². The van der Waals surface area contributed by atoms with E-state index in [0.717, 1.165) is 16.9 Å². The fourth-order valence-electron chi connectivity index (χ4n) is 1.49. The van der Waals surface area contributed by atoms with Crippen LogP contribution in [0.3, 0.4) is 0 Å². The molecule has 1 rings (SSSR count). The summed E-state index contributed by atoms with van der Waals surface area (Å²) in [7, 11) is 1.60. The van der Waals surface area contributed by atoms with Crippen molar-refractivity contribution in [3.8, 4) is 5.75 Å². The highest BCUT2D eigenvalue weighted by molar-refractivity contribution is 5.79. The number of amides is 1. The number of ether oxygens (including phenoxy) is 1. The number of carbonyl (C=O) groups is 1. The molecule has 1 amide bonds. The van der Waals surface area contributed by atoms with E-state index in [1.54, 1.807) is 7.11 Å². The zero-order valence-corrected chi connectivity index (χ0v) is 9.75. The molecule has 1 aromatic carbocycles. The molecule has 0 aliphatic carbocycles. The monoisotopic (exact) mass is 222 g/mol. The lowest BCUT2D eigenvalue weighted by atomic mass is 10.1. The van der Waals surface area contributed by atoms with Gasteiger partial charge in [0.05, 0.1) is 13.5 Å². The van der Waals surface area contributed by atoms with Crippen LogP contribution in [0.15, 0.2) is 18.2 Å². The minimum absolute atomic E-state index is 0.0330. The maximum Gasteiger partial charge on any atom is 0.224 e. The average Bonchev–Trinajstić information content (AvgIpc) is 2.27. The molecule has 0 unspecified atom stereocenters. The van der Waals surface area contributed by atoms with Crippen molar-refractivity contribution in [2.24, 2.45) is 5.73 Å². The summed E-state index contributed by atoms with van der Waals surface area (Å²) < 4.78 is 5.20. The number of nitrogens with one attached hydrogen (secondary N) is 1. The van der Waals surface area contributed by atoms with Crippen molar-refractivity contribution in [1.82, 2.24) is 5.32 Å². The molecule has 0 saturated heterocycles. The van der Waals surface area contributed by atoms with E-state index in [9.17, 15) is 4.79 Å². The summed E-state index contributed by atoms with van der Waals surface area (Å²) in [5.74, 6) is 0.711. The van der Waals surface area contributed by atoms with Crippen molar-refractivity contribution in [2.75, 3.05) is 20.2 Å². The van der Waals surface area contributed by atoms with Crippen LogP contribution in [0.4, 0.5) is 0 Å². The van der Waals surface area contributed by atoms with Gasteiger partial charge in [-0.25, -0.2) is 0 Å². The highest BCUT2D eigenvalue weighted by atomic mass is 16.5. The Labute approximate surface area is 95.8 Å². The van der Waals surface area contributed by atoms with Crippen molar-refractivity contribution in [3.63, 3.8) is 0 Å². The molecule has 0 radical (unpaired) electrons. The first-order valence-corrected chi connectivity index (χ1v) is 5.27. The van der Waals surface area contributed by atoms with E-state index in [0.29, 0.717) is 19.5 Å². The average molecular weight is 222 g/mol. The number of aryl methyl sites for hydroxylation is 1. The first-order valence-electron chi connectivity index (χ1n) is 5.27. The van der Waals surface area contributed by atoms with Gasteiger partial charge in [-0.1, -0.05) is 17.7 Å². The fourth-order valence-corrected chi connectivity index (χ4v) is 1.49. The summed E-state index contributed by atoms with van der Waals surface area (Å²) in [5.41, 5.74) is 7.32. The van der Waals surface area contributed by atoms with E-state index in [1.165, 1.54) is 0 Å². The molecule has 1 aromatic rings. The number of carbonyl (C=O) groups excluding carboxylic acids is 1. The third-order valence-electron chi connectivity index (χ3n) is 2.25. The second kappa shape index (κ2) is 6.12. The van der Waals surface area contributed by atoms with E-state index in [-0.39, 0.29) is 5.91 Å². The number of nitrogens with two attached hydrogens (primary N) is 1. The van der Waals surface area contributed by atoms with Crippen LogP contribution >= 0.6 is 0 Å². The molecule has 0 fully saturated rings.